The van der Waals surface area contributed by atoms with Crippen LogP contribution >= 0.6 is 23.4 Å². The number of hydrogen-bond donors (Lipinski definition) is 0. The smallest absolute Gasteiger partial charge is 0.309 e. The van der Waals surface area contributed by atoms with Crippen LogP contribution in [0.1, 0.15) is 0 Å². The molecular weight excluding hydrogens is 225 g/mol. The molecule has 0 fully saturated rings. The van der Waals surface area contributed by atoms with Gasteiger partial charge in [-0.1, -0.05) is 18.2 Å². The summed E-state index contributed by atoms with van der Waals surface area (Å²) in [6.07, 6.45) is 0. The first kappa shape index (κ1) is 12.8. The fourth-order valence-electron chi connectivity index (χ4n) is 0.677. The van der Waals surface area contributed by atoms with Crippen LogP contribution in [0.2, 0.25) is 0 Å². The van der Waals surface area contributed by atoms with Gasteiger partial charge in [-0.05, 0) is 35.5 Å². The second kappa shape index (κ2) is 6.30. The van der Waals surface area contributed by atoms with Crippen LogP contribution in [-0.4, -0.2) is 23.2 Å². The van der Waals surface area contributed by atoms with Crippen molar-refractivity contribution in [1.82, 2.24) is 0 Å². The van der Waals surface area contributed by atoms with Gasteiger partial charge in [-0.15, -0.1) is 0 Å². The Balaban J connectivity index is 0.00000144. The minimum atomic E-state index is 0. The number of nitrogens with zero attached hydrogens (tertiary/aromatic N) is 1. The maximum atomic E-state index is 5.96. The van der Waals surface area contributed by atoms with E-state index >= 15 is 0 Å². The monoisotopic (exact) mass is 235 g/mol. The molecule has 0 unspecified atom stereocenters. The van der Waals surface area contributed by atoms with Gasteiger partial charge in [-0.3, -0.25) is 0 Å². The van der Waals surface area contributed by atoms with Crippen LogP contribution in [0.3, 0.4) is 0 Å². The van der Waals surface area contributed by atoms with Crippen LogP contribution in [0.25, 0.3) is 0 Å². The fraction of sp³-hybridized carbons (Fsp3) is 0.222. The van der Waals surface area contributed by atoms with Gasteiger partial charge >= 0.3 is 4.50 Å². The lowest BCUT2D eigenvalue weighted by Gasteiger charge is -1.95. The molecule has 0 aliphatic carbocycles. The van der Waals surface area contributed by atoms with Crippen molar-refractivity contribution in [3.63, 3.8) is 0 Å². The molecule has 0 atom stereocenters. The van der Waals surface area contributed by atoms with E-state index in [-0.39, 0.29) is 12.4 Å². The van der Waals surface area contributed by atoms with E-state index in [0.717, 1.165) is 9.40 Å². The molecule has 0 heterocycles. The zero-order valence-electron chi connectivity index (χ0n) is 7.50. The molecule has 0 radical (unpaired) electrons. The van der Waals surface area contributed by atoms with E-state index in [1.165, 1.54) is 0 Å². The van der Waals surface area contributed by atoms with Crippen molar-refractivity contribution >= 4 is 27.9 Å². The van der Waals surface area contributed by atoms with Crippen LogP contribution in [0, 0.1) is 0 Å². The van der Waals surface area contributed by atoms with Crippen molar-refractivity contribution in [2.45, 2.75) is 4.90 Å². The molecular formula is C9H11Cl2NS. The Labute approximate surface area is 94.2 Å². The number of rotatable bonds is 1. The van der Waals surface area contributed by atoms with Crippen molar-refractivity contribution in [3.05, 3.63) is 30.3 Å². The molecule has 1 nitrogen and oxygen atoms in total. The molecule has 0 aliphatic rings. The molecule has 0 bridgehead atoms. The van der Waals surface area contributed by atoms with Gasteiger partial charge in [-0.2, -0.15) is 0 Å². The number of thioether (sulfide) groups is 1. The van der Waals surface area contributed by atoms with Crippen LogP contribution in [0.4, 0.5) is 0 Å². The summed E-state index contributed by atoms with van der Waals surface area (Å²) in [7, 11) is 3.86. The summed E-state index contributed by atoms with van der Waals surface area (Å²) in [5.74, 6) is 0. The van der Waals surface area contributed by atoms with Gasteiger partial charge in [0.2, 0.25) is 0 Å². The largest absolute Gasteiger partial charge is 1.00 e. The van der Waals surface area contributed by atoms with Crippen molar-refractivity contribution < 1.29 is 17.0 Å². The van der Waals surface area contributed by atoms with Crippen molar-refractivity contribution in [3.8, 4) is 0 Å². The SMILES string of the molecule is C[N+](C)=C(Cl)Sc1ccccc1.[Cl-]. The van der Waals surface area contributed by atoms with Crippen LogP contribution in [0.5, 0.6) is 0 Å². The second-order valence-corrected chi connectivity index (χ2v) is 4.21. The molecule has 0 amide bonds. The van der Waals surface area contributed by atoms with Gasteiger partial charge in [0.1, 0.15) is 14.1 Å². The summed E-state index contributed by atoms with van der Waals surface area (Å²) in [6, 6.07) is 10.1. The zero-order valence-corrected chi connectivity index (χ0v) is 9.83. The van der Waals surface area contributed by atoms with E-state index in [2.05, 4.69) is 0 Å². The summed E-state index contributed by atoms with van der Waals surface area (Å²) in [5, 5.41) is 0. The molecule has 0 N–H and O–H groups in total. The lowest BCUT2D eigenvalue weighted by atomic mass is 10.4. The van der Waals surface area contributed by atoms with Crippen LogP contribution in [-0.2, 0) is 0 Å². The van der Waals surface area contributed by atoms with Crippen LogP contribution < -0.4 is 12.4 Å². The van der Waals surface area contributed by atoms with E-state index in [1.54, 1.807) is 11.8 Å². The fourth-order valence-corrected chi connectivity index (χ4v) is 1.61. The van der Waals surface area contributed by atoms with E-state index in [4.69, 9.17) is 11.6 Å². The summed E-state index contributed by atoms with van der Waals surface area (Å²) in [5.41, 5.74) is 0. The van der Waals surface area contributed by atoms with E-state index in [9.17, 15) is 0 Å². The first-order valence-electron chi connectivity index (χ1n) is 3.63. The summed E-state index contributed by atoms with van der Waals surface area (Å²) in [6.45, 7) is 0. The maximum absolute atomic E-state index is 5.96. The quantitative estimate of drug-likeness (QED) is 0.279. The zero-order chi connectivity index (χ0) is 8.97. The third kappa shape index (κ3) is 4.55. The molecule has 0 saturated carbocycles. The predicted molar refractivity (Wildman–Crippen MR) is 55.3 cm³/mol. The molecule has 1 aromatic carbocycles. The Morgan fingerprint density at radius 3 is 2.23 bits per heavy atom. The Morgan fingerprint density at radius 1 is 1.23 bits per heavy atom. The Kier molecular flexibility index (Phi) is 6.21. The number of benzene rings is 1. The molecule has 1 rings (SSSR count). The Morgan fingerprint density at radius 2 is 1.77 bits per heavy atom. The topological polar surface area (TPSA) is 3.01 Å². The molecule has 0 saturated heterocycles. The predicted octanol–water partition coefficient (Wildman–Crippen LogP) is -0.350. The lowest BCUT2D eigenvalue weighted by Crippen LogP contribution is -3.00. The highest BCUT2D eigenvalue weighted by Gasteiger charge is 2.04. The molecule has 13 heavy (non-hydrogen) atoms. The molecule has 0 aromatic heterocycles. The normalized spacial score (nSPS) is 8.85. The first-order valence-corrected chi connectivity index (χ1v) is 4.82. The summed E-state index contributed by atoms with van der Waals surface area (Å²) >= 11 is 7.52. The number of halogens is 2. The van der Waals surface area contributed by atoms with Gasteiger partial charge < -0.3 is 12.4 Å². The highest BCUT2D eigenvalue weighted by Crippen LogP contribution is 2.20. The van der Waals surface area contributed by atoms with Gasteiger partial charge in [0.15, 0.2) is 0 Å². The van der Waals surface area contributed by atoms with Gasteiger partial charge in [-0.25, -0.2) is 4.58 Å². The van der Waals surface area contributed by atoms with Gasteiger partial charge in [0.05, 0.1) is 0 Å². The third-order valence-electron chi connectivity index (χ3n) is 1.30. The van der Waals surface area contributed by atoms with E-state index < -0.39 is 0 Å². The maximum Gasteiger partial charge on any atom is 0.309 e. The van der Waals surface area contributed by atoms with Crippen LogP contribution in [0.15, 0.2) is 35.2 Å². The standard InChI is InChI=1S/C9H11ClNS.ClH/c1-11(2)9(10)12-8-6-4-3-5-7-8;/h3-7H,1-2H3;1H/q+1;/p-1. The molecule has 0 spiro atoms. The highest BCUT2D eigenvalue weighted by molar-refractivity contribution is 8.16. The average molecular weight is 236 g/mol. The van der Waals surface area contributed by atoms with Gasteiger partial charge in [0.25, 0.3) is 0 Å². The summed E-state index contributed by atoms with van der Waals surface area (Å²) < 4.78 is 2.67. The number of hydrogen-bond acceptors (Lipinski definition) is 1. The van der Waals surface area contributed by atoms with E-state index in [1.807, 2.05) is 49.0 Å². The third-order valence-corrected chi connectivity index (χ3v) is 2.91. The van der Waals surface area contributed by atoms with Crippen molar-refractivity contribution in [2.24, 2.45) is 0 Å². The molecule has 1 aromatic rings. The molecule has 0 aliphatic heterocycles. The Bertz CT molecular complexity index is 281. The Hall–Kier alpha value is -0.180. The minimum absolute atomic E-state index is 0. The average Bonchev–Trinajstić information content (AvgIpc) is 2.06. The second-order valence-electron chi connectivity index (χ2n) is 2.56. The lowest BCUT2D eigenvalue weighted by molar-refractivity contribution is -0.459. The van der Waals surface area contributed by atoms with Gasteiger partial charge in [0, 0.05) is 4.90 Å². The molecule has 72 valence electrons. The molecule has 4 heteroatoms. The van der Waals surface area contributed by atoms with E-state index in [0.29, 0.717) is 0 Å². The van der Waals surface area contributed by atoms with Crippen molar-refractivity contribution in [1.29, 1.82) is 0 Å². The first-order chi connectivity index (χ1) is 5.70. The van der Waals surface area contributed by atoms with Crippen molar-refractivity contribution in [2.75, 3.05) is 14.1 Å². The minimum Gasteiger partial charge on any atom is -1.00 e. The highest BCUT2D eigenvalue weighted by atomic mass is 35.5. The summed E-state index contributed by atoms with van der Waals surface area (Å²) in [4.78, 5) is 1.16.